The highest BCUT2D eigenvalue weighted by atomic mass is 14.2. The van der Waals surface area contributed by atoms with Crippen LogP contribution in [0.1, 0.15) is 0 Å². The van der Waals surface area contributed by atoms with Crippen LogP contribution in [0.3, 0.4) is 0 Å². The molecule has 0 radical (unpaired) electrons. The topological polar surface area (TPSA) is 23.8 Å². The van der Waals surface area contributed by atoms with Crippen LogP contribution < -0.4 is 0 Å². The van der Waals surface area contributed by atoms with Crippen LogP contribution in [0.2, 0.25) is 0 Å². The van der Waals surface area contributed by atoms with E-state index in [1.165, 1.54) is 6.08 Å². The third kappa shape index (κ3) is 12800. The molecular formula is C5H7N. The molecule has 0 atom stereocenters. The van der Waals surface area contributed by atoms with E-state index in [0.717, 1.165) is 0 Å². The van der Waals surface area contributed by atoms with Crippen LogP contribution in [0.5, 0.6) is 0 Å². The molecule has 0 aromatic rings. The summed E-state index contributed by atoms with van der Waals surface area (Å²) in [4.78, 5) is 0. The maximum absolute atomic E-state index is 7.51. The molecule has 1 heteroatoms. The molecule has 0 fully saturated rings. The van der Waals surface area contributed by atoms with Crippen molar-refractivity contribution in [1.82, 2.24) is 0 Å². The SMILES string of the molecule is C=C.C=CC#N. The first-order valence-corrected chi connectivity index (χ1v) is 1.42. The van der Waals surface area contributed by atoms with Crippen LogP contribution in [0.15, 0.2) is 25.8 Å². The van der Waals surface area contributed by atoms with Crippen LogP contribution in [-0.2, 0) is 0 Å². The molecule has 0 aromatic carbocycles. The zero-order valence-electron chi connectivity index (χ0n) is 3.65. The van der Waals surface area contributed by atoms with Gasteiger partial charge in [0.2, 0.25) is 0 Å². The quantitative estimate of drug-likeness (QED) is 0.320. The van der Waals surface area contributed by atoms with Crippen LogP contribution in [0.4, 0.5) is 0 Å². The second kappa shape index (κ2) is 37.2. The Labute approximate surface area is 38.2 Å². The summed E-state index contributed by atoms with van der Waals surface area (Å²) in [6.07, 6.45) is 1.18. The normalized spacial score (nSPS) is 3.17. The fourth-order valence-corrected chi connectivity index (χ4v) is 0. The minimum Gasteiger partial charge on any atom is -0.193 e. The van der Waals surface area contributed by atoms with Crippen molar-refractivity contribution < 1.29 is 0 Å². The van der Waals surface area contributed by atoms with Crippen LogP contribution >= 0.6 is 0 Å². The highest BCUT2D eigenvalue weighted by molar-refractivity contribution is 4.93. The minimum atomic E-state index is 1.18. The number of hydrogen-bond acceptors (Lipinski definition) is 1. The molecule has 0 unspecified atom stereocenters. The van der Waals surface area contributed by atoms with Crippen LogP contribution in [-0.4, -0.2) is 0 Å². The Morgan fingerprint density at radius 1 is 1.50 bits per heavy atom. The van der Waals surface area contributed by atoms with Crippen LogP contribution in [0, 0.1) is 11.3 Å². The zero-order chi connectivity index (χ0) is 5.41. The number of rotatable bonds is 0. The predicted molar refractivity (Wildman–Crippen MR) is 27.1 cm³/mol. The van der Waals surface area contributed by atoms with Crippen molar-refractivity contribution in [3.8, 4) is 6.07 Å². The summed E-state index contributed by atoms with van der Waals surface area (Å²) in [7, 11) is 0. The van der Waals surface area contributed by atoms with Gasteiger partial charge in [-0.15, -0.1) is 13.2 Å². The maximum Gasteiger partial charge on any atom is 0.0905 e. The molecule has 0 aliphatic heterocycles. The lowest BCUT2D eigenvalue weighted by molar-refractivity contribution is 1.54. The fraction of sp³-hybridized carbons (Fsp3) is 0. The molecular weight excluding hydrogens is 74.1 g/mol. The third-order valence-corrected chi connectivity index (χ3v) is 0.0913. The second-order valence-corrected chi connectivity index (χ2v) is 0.333. The summed E-state index contributed by atoms with van der Waals surface area (Å²) in [5.41, 5.74) is 0. The highest BCUT2D eigenvalue weighted by Crippen LogP contribution is 1.41. The molecule has 0 heterocycles. The maximum atomic E-state index is 7.51. The third-order valence-electron chi connectivity index (χ3n) is 0.0913. The van der Waals surface area contributed by atoms with Crippen molar-refractivity contribution in [2.75, 3.05) is 0 Å². The molecule has 0 bridgehead atoms. The molecule has 0 aliphatic carbocycles. The lowest BCUT2D eigenvalue weighted by Crippen LogP contribution is -1.23. The van der Waals surface area contributed by atoms with Gasteiger partial charge in [0.1, 0.15) is 0 Å². The molecule has 32 valence electrons. The highest BCUT2D eigenvalue weighted by Gasteiger charge is 1.34. The molecule has 0 amide bonds. The average molecular weight is 81.1 g/mol. The fourth-order valence-electron chi connectivity index (χ4n) is 0. The van der Waals surface area contributed by atoms with Crippen molar-refractivity contribution in [3.05, 3.63) is 25.8 Å². The zero-order valence-corrected chi connectivity index (χ0v) is 3.65. The van der Waals surface area contributed by atoms with Gasteiger partial charge in [-0.2, -0.15) is 5.26 Å². The van der Waals surface area contributed by atoms with Crippen LogP contribution in [0.25, 0.3) is 0 Å². The van der Waals surface area contributed by atoms with E-state index < -0.39 is 0 Å². The van der Waals surface area contributed by atoms with Gasteiger partial charge in [-0.05, 0) is 0 Å². The van der Waals surface area contributed by atoms with Gasteiger partial charge in [0.05, 0.1) is 6.07 Å². The molecule has 0 aromatic heterocycles. The van der Waals surface area contributed by atoms with E-state index in [0.29, 0.717) is 0 Å². The molecule has 0 saturated heterocycles. The Morgan fingerprint density at radius 3 is 1.67 bits per heavy atom. The first kappa shape index (κ1) is 8.88. The van der Waals surface area contributed by atoms with Gasteiger partial charge in [0.15, 0.2) is 0 Å². The molecule has 1 nitrogen and oxygen atoms in total. The van der Waals surface area contributed by atoms with Gasteiger partial charge in [-0.1, -0.05) is 6.58 Å². The monoisotopic (exact) mass is 81.1 g/mol. The molecule has 0 N–H and O–H groups in total. The Hall–Kier alpha value is -1.03. The van der Waals surface area contributed by atoms with Crippen molar-refractivity contribution in [2.24, 2.45) is 0 Å². The summed E-state index contributed by atoms with van der Waals surface area (Å²) >= 11 is 0. The number of nitriles is 1. The Bertz CT molecular complexity index is 58.8. The largest absolute Gasteiger partial charge is 0.193 e. The van der Waals surface area contributed by atoms with Crippen molar-refractivity contribution >= 4 is 0 Å². The molecule has 0 saturated carbocycles. The van der Waals surface area contributed by atoms with Crippen molar-refractivity contribution in [2.45, 2.75) is 0 Å². The lowest BCUT2D eigenvalue weighted by Gasteiger charge is -1.31. The molecule has 0 aliphatic rings. The first-order chi connectivity index (χ1) is 2.91. The Morgan fingerprint density at radius 2 is 1.67 bits per heavy atom. The second-order valence-electron chi connectivity index (χ2n) is 0.333. The van der Waals surface area contributed by atoms with Crippen molar-refractivity contribution in [3.63, 3.8) is 0 Å². The van der Waals surface area contributed by atoms with Gasteiger partial charge in [0, 0.05) is 6.08 Å². The van der Waals surface area contributed by atoms with E-state index in [2.05, 4.69) is 19.7 Å². The van der Waals surface area contributed by atoms with Gasteiger partial charge in [-0.25, -0.2) is 0 Å². The summed E-state index contributed by atoms with van der Waals surface area (Å²) in [5.74, 6) is 0. The standard InChI is InChI=1S/C3H3N.C2H4/c1-2-3-4;1-2/h2H,1H2;1-2H2. The first-order valence-electron chi connectivity index (χ1n) is 1.42. The van der Waals surface area contributed by atoms with E-state index in [4.69, 9.17) is 5.26 Å². The molecule has 0 rings (SSSR count). The number of hydrogen-bond donors (Lipinski definition) is 0. The van der Waals surface area contributed by atoms with E-state index >= 15 is 0 Å². The Balaban J connectivity index is 0. The van der Waals surface area contributed by atoms with E-state index in [1.54, 1.807) is 6.07 Å². The Kier molecular flexibility index (Phi) is 55.1. The van der Waals surface area contributed by atoms with Gasteiger partial charge >= 0.3 is 0 Å². The summed E-state index contributed by atoms with van der Waals surface area (Å²) in [6.45, 7) is 9.12. The molecule has 0 spiro atoms. The van der Waals surface area contributed by atoms with Gasteiger partial charge < -0.3 is 0 Å². The number of nitrogens with zero attached hydrogens (tertiary/aromatic N) is 1. The van der Waals surface area contributed by atoms with E-state index in [-0.39, 0.29) is 0 Å². The van der Waals surface area contributed by atoms with E-state index in [1.807, 2.05) is 0 Å². The van der Waals surface area contributed by atoms with Gasteiger partial charge in [0.25, 0.3) is 0 Å². The summed E-state index contributed by atoms with van der Waals surface area (Å²) in [6, 6.07) is 1.69. The minimum absolute atomic E-state index is 1.18. The lowest BCUT2D eigenvalue weighted by atomic mass is 10.8. The summed E-state index contributed by atoms with van der Waals surface area (Å²) in [5, 5.41) is 7.51. The smallest absolute Gasteiger partial charge is 0.0905 e. The summed E-state index contributed by atoms with van der Waals surface area (Å²) < 4.78 is 0. The predicted octanol–water partition coefficient (Wildman–Crippen LogP) is 1.50. The average Bonchev–Trinajstić information content (AvgIpc) is 1.72. The number of allylic oxidation sites excluding steroid dienone is 1. The molecule has 6 heavy (non-hydrogen) atoms. The van der Waals surface area contributed by atoms with Crippen molar-refractivity contribution in [1.29, 1.82) is 5.26 Å². The van der Waals surface area contributed by atoms with E-state index in [9.17, 15) is 0 Å². The van der Waals surface area contributed by atoms with Gasteiger partial charge in [-0.3, -0.25) is 0 Å².